The van der Waals surface area contributed by atoms with Gasteiger partial charge in [0.1, 0.15) is 6.04 Å². The summed E-state index contributed by atoms with van der Waals surface area (Å²) in [6, 6.07) is 22.6. The molecule has 0 saturated carbocycles. The van der Waals surface area contributed by atoms with E-state index in [1.165, 1.54) is 5.56 Å². The number of hydrogen-bond donors (Lipinski definition) is 1. The number of amides is 2. The monoisotopic (exact) mass is 510 g/mol. The summed E-state index contributed by atoms with van der Waals surface area (Å²) < 4.78 is 0. The Morgan fingerprint density at radius 2 is 1.49 bits per heavy atom. The first-order valence-corrected chi connectivity index (χ1v) is 12.6. The van der Waals surface area contributed by atoms with Crippen molar-refractivity contribution in [1.82, 2.24) is 10.2 Å². The Hall–Kier alpha value is -2.82. The second kappa shape index (κ2) is 12.8. The zero-order valence-electron chi connectivity index (χ0n) is 20.4. The molecule has 4 nitrogen and oxygen atoms in total. The lowest BCUT2D eigenvalue weighted by molar-refractivity contribution is -0.141. The van der Waals surface area contributed by atoms with E-state index < -0.39 is 6.04 Å². The number of hydrogen-bond acceptors (Lipinski definition) is 2. The molecule has 0 radical (unpaired) electrons. The number of halogens is 2. The van der Waals surface area contributed by atoms with Crippen LogP contribution >= 0.6 is 23.2 Å². The Kier molecular flexibility index (Phi) is 9.76. The Morgan fingerprint density at radius 3 is 2.06 bits per heavy atom. The molecule has 0 aliphatic rings. The van der Waals surface area contributed by atoms with Crippen molar-refractivity contribution in [3.05, 3.63) is 105 Å². The summed E-state index contributed by atoms with van der Waals surface area (Å²) in [6.45, 7) is 4.46. The van der Waals surface area contributed by atoms with Gasteiger partial charge in [0, 0.05) is 42.0 Å². The van der Waals surface area contributed by atoms with Gasteiger partial charge in [-0.3, -0.25) is 9.59 Å². The molecule has 35 heavy (non-hydrogen) atoms. The van der Waals surface area contributed by atoms with Crippen LogP contribution in [0.1, 0.15) is 48.4 Å². The Labute approximate surface area is 218 Å². The van der Waals surface area contributed by atoms with Crippen molar-refractivity contribution in [3.8, 4) is 0 Å². The van der Waals surface area contributed by atoms with Crippen LogP contribution in [0.25, 0.3) is 0 Å². The highest BCUT2D eigenvalue weighted by Crippen LogP contribution is 2.27. The first-order chi connectivity index (χ1) is 16.8. The normalized spacial score (nSPS) is 11.8. The molecule has 0 fully saturated rings. The van der Waals surface area contributed by atoms with Crippen molar-refractivity contribution < 1.29 is 9.59 Å². The van der Waals surface area contributed by atoms with E-state index in [-0.39, 0.29) is 24.8 Å². The number of nitrogens with one attached hydrogen (secondary N) is 1. The van der Waals surface area contributed by atoms with Gasteiger partial charge in [-0.25, -0.2) is 0 Å². The van der Waals surface area contributed by atoms with E-state index in [2.05, 4.69) is 43.4 Å². The molecular weight excluding hydrogens is 479 g/mol. The zero-order valence-corrected chi connectivity index (χ0v) is 21.9. The predicted octanol–water partition coefficient (Wildman–Crippen LogP) is 6.44. The van der Waals surface area contributed by atoms with E-state index in [1.54, 1.807) is 30.1 Å². The molecule has 0 heterocycles. The van der Waals surface area contributed by atoms with Gasteiger partial charge in [-0.1, -0.05) is 97.7 Å². The van der Waals surface area contributed by atoms with Crippen LogP contribution < -0.4 is 5.32 Å². The van der Waals surface area contributed by atoms with E-state index in [4.69, 9.17) is 23.2 Å². The second-order valence-corrected chi connectivity index (χ2v) is 9.75. The van der Waals surface area contributed by atoms with Crippen molar-refractivity contribution in [2.75, 3.05) is 7.05 Å². The van der Waals surface area contributed by atoms with Crippen molar-refractivity contribution in [3.63, 3.8) is 0 Å². The van der Waals surface area contributed by atoms with Crippen LogP contribution in [0.2, 0.25) is 10.0 Å². The van der Waals surface area contributed by atoms with Gasteiger partial charge in [0.25, 0.3) is 0 Å². The molecule has 0 aliphatic carbocycles. The fourth-order valence-corrected chi connectivity index (χ4v) is 4.56. The minimum Gasteiger partial charge on any atom is -0.357 e. The minimum absolute atomic E-state index is 0.126. The summed E-state index contributed by atoms with van der Waals surface area (Å²) in [5.41, 5.74) is 3.94. The van der Waals surface area contributed by atoms with Gasteiger partial charge in [-0.15, -0.1) is 0 Å². The van der Waals surface area contributed by atoms with Gasteiger partial charge in [0.05, 0.1) is 0 Å². The molecule has 6 heteroatoms. The first kappa shape index (κ1) is 26.8. The lowest BCUT2D eigenvalue weighted by Crippen LogP contribution is -2.49. The second-order valence-electron chi connectivity index (χ2n) is 8.94. The summed E-state index contributed by atoms with van der Waals surface area (Å²) in [6.07, 6.45) is 1.23. The third-order valence-corrected chi connectivity index (χ3v) is 6.89. The van der Waals surface area contributed by atoms with E-state index in [1.807, 2.05) is 30.3 Å². The maximum Gasteiger partial charge on any atom is 0.242 e. The smallest absolute Gasteiger partial charge is 0.242 e. The number of rotatable bonds is 10. The Balaban J connectivity index is 1.89. The van der Waals surface area contributed by atoms with Crippen molar-refractivity contribution in [2.24, 2.45) is 0 Å². The number of aryl methyl sites for hydroxylation is 1. The Morgan fingerprint density at radius 1 is 0.857 bits per heavy atom. The van der Waals surface area contributed by atoms with Crippen molar-refractivity contribution >= 4 is 35.0 Å². The highest BCUT2D eigenvalue weighted by atomic mass is 35.5. The van der Waals surface area contributed by atoms with Gasteiger partial charge >= 0.3 is 0 Å². The molecule has 3 rings (SSSR count). The lowest BCUT2D eigenvalue weighted by atomic mass is 9.99. The lowest BCUT2D eigenvalue weighted by Gasteiger charge is -2.32. The minimum atomic E-state index is -0.703. The number of likely N-dealkylation sites (N-methyl/N-ethyl adjacent to an activating group) is 1. The molecule has 0 bridgehead atoms. The molecule has 0 aromatic heterocycles. The SMILES string of the molecule is CNC(=O)[C@H](Cc1ccccc1)N(Cc1c(Cl)cccc1Cl)C(=O)CCc1ccc(C(C)C)cc1. The van der Waals surface area contributed by atoms with Crippen LogP contribution in [-0.2, 0) is 29.0 Å². The number of carbonyl (C=O) groups excluding carboxylic acids is 2. The van der Waals surface area contributed by atoms with Gasteiger partial charge in [-0.2, -0.15) is 0 Å². The molecular formula is C29H32Cl2N2O2. The third-order valence-electron chi connectivity index (χ3n) is 6.18. The molecule has 0 spiro atoms. The van der Waals surface area contributed by atoms with Crippen molar-refractivity contribution in [2.45, 2.75) is 51.6 Å². The van der Waals surface area contributed by atoms with Gasteiger partial charge in [0.15, 0.2) is 0 Å². The van der Waals surface area contributed by atoms with Crippen LogP contribution in [0.4, 0.5) is 0 Å². The van der Waals surface area contributed by atoms with E-state index in [0.717, 1.165) is 11.1 Å². The molecule has 184 valence electrons. The summed E-state index contributed by atoms with van der Waals surface area (Å²) >= 11 is 12.9. The average Bonchev–Trinajstić information content (AvgIpc) is 2.86. The predicted molar refractivity (Wildman–Crippen MR) is 144 cm³/mol. The maximum absolute atomic E-state index is 13.6. The molecule has 2 amide bonds. The summed E-state index contributed by atoms with van der Waals surface area (Å²) in [5.74, 6) is 0.0953. The molecule has 0 saturated heterocycles. The zero-order chi connectivity index (χ0) is 25.4. The average molecular weight is 511 g/mol. The number of carbonyl (C=O) groups is 2. The Bertz CT molecular complexity index is 1110. The topological polar surface area (TPSA) is 49.4 Å². The summed E-state index contributed by atoms with van der Waals surface area (Å²) in [7, 11) is 1.59. The van der Waals surface area contributed by atoms with Crippen LogP contribution in [-0.4, -0.2) is 29.8 Å². The van der Waals surface area contributed by atoms with E-state index in [0.29, 0.717) is 34.4 Å². The van der Waals surface area contributed by atoms with Crippen LogP contribution in [0.5, 0.6) is 0 Å². The van der Waals surface area contributed by atoms with Crippen molar-refractivity contribution in [1.29, 1.82) is 0 Å². The van der Waals surface area contributed by atoms with E-state index >= 15 is 0 Å². The van der Waals surface area contributed by atoms with Gasteiger partial charge < -0.3 is 10.2 Å². The fourth-order valence-electron chi connectivity index (χ4n) is 4.04. The molecule has 1 N–H and O–H groups in total. The van der Waals surface area contributed by atoms with Crippen LogP contribution in [0.3, 0.4) is 0 Å². The largest absolute Gasteiger partial charge is 0.357 e. The molecule has 0 aliphatic heterocycles. The summed E-state index contributed by atoms with van der Waals surface area (Å²) in [4.78, 5) is 28.3. The molecule has 3 aromatic carbocycles. The number of benzene rings is 3. The third kappa shape index (κ3) is 7.33. The van der Waals surface area contributed by atoms with Gasteiger partial charge in [0.2, 0.25) is 11.8 Å². The van der Waals surface area contributed by atoms with Crippen LogP contribution in [0.15, 0.2) is 72.8 Å². The van der Waals surface area contributed by atoms with Gasteiger partial charge in [-0.05, 0) is 41.2 Å². The summed E-state index contributed by atoms with van der Waals surface area (Å²) in [5, 5.41) is 3.66. The maximum atomic E-state index is 13.6. The van der Waals surface area contributed by atoms with E-state index in [9.17, 15) is 9.59 Å². The quantitative estimate of drug-likeness (QED) is 0.341. The molecule has 0 unspecified atom stereocenters. The molecule has 3 aromatic rings. The standard InChI is InChI=1S/C29H32Cl2N2O2/c1-20(2)23-15-12-21(13-16-23)14-17-28(34)33(19-24-25(30)10-7-11-26(24)31)27(29(35)32-3)18-22-8-5-4-6-9-22/h4-13,15-16,20,27H,14,17-19H2,1-3H3,(H,32,35)/t27-/m0/s1. The number of nitrogens with zero attached hydrogens (tertiary/aromatic N) is 1. The first-order valence-electron chi connectivity index (χ1n) is 11.9. The fraction of sp³-hybridized carbons (Fsp3) is 0.310. The molecule has 1 atom stereocenters. The highest BCUT2D eigenvalue weighted by molar-refractivity contribution is 6.36. The highest BCUT2D eigenvalue weighted by Gasteiger charge is 2.30. The van der Waals surface area contributed by atoms with Crippen LogP contribution in [0, 0.1) is 0 Å².